The van der Waals surface area contributed by atoms with Gasteiger partial charge in [-0.15, -0.1) is 0 Å². The molecule has 8 heteroatoms. The van der Waals surface area contributed by atoms with Gasteiger partial charge in [0.2, 0.25) is 0 Å². The number of aliphatic hydroxyl groups is 4. The Morgan fingerprint density at radius 1 is 1.16 bits per heavy atom. The Hall–Kier alpha value is -1.58. The highest BCUT2D eigenvalue weighted by molar-refractivity contribution is 5.95. The van der Waals surface area contributed by atoms with Crippen LogP contribution in [0.3, 0.4) is 0 Å². The van der Waals surface area contributed by atoms with E-state index in [0.717, 1.165) is 5.57 Å². The van der Waals surface area contributed by atoms with Crippen molar-refractivity contribution in [3.05, 3.63) is 23.8 Å². The maximum absolute atomic E-state index is 13.5. The summed E-state index contributed by atoms with van der Waals surface area (Å²) in [6.45, 7) is 17.3. The first-order valence-corrected chi connectivity index (χ1v) is 16.3. The maximum atomic E-state index is 13.5. The summed E-state index contributed by atoms with van der Waals surface area (Å²) >= 11 is 0. The SMILES string of the molecule is CCC(C)C(=O)O[C@@H]1C[C@]2(C)C(=CC[C@H]2[C@@H]2C[C@H]([C@H](O)C(C)(C)O)O[C@@H]2O)[C@]2(C)[C@H](O)C[C@H]3C(C)(C)C(=O)C=C[C@]3(C)[C@@H]12. The largest absolute Gasteiger partial charge is 0.462 e. The molecule has 1 unspecified atom stereocenters. The lowest BCUT2D eigenvalue weighted by molar-refractivity contribution is -0.214. The molecule has 13 atom stereocenters. The van der Waals surface area contributed by atoms with Gasteiger partial charge in [0.05, 0.1) is 23.7 Å². The fraction of sp³-hybridized carbons (Fsp3) is 0.829. The van der Waals surface area contributed by atoms with Crippen LogP contribution in [0.25, 0.3) is 0 Å². The van der Waals surface area contributed by atoms with Gasteiger partial charge in [0, 0.05) is 22.7 Å². The van der Waals surface area contributed by atoms with Gasteiger partial charge in [-0.3, -0.25) is 9.59 Å². The molecule has 4 N–H and O–H groups in total. The molecule has 0 amide bonds. The van der Waals surface area contributed by atoms with E-state index in [2.05, 4.69) is 26.8 Å². The Bertz CT molecular complexity index is 1200. The van der Waals surface area contributed by atoms with Gasteiger partial charge in [-0.1, -0.05) is 66.2 Å². The predicted molar refractivity (Wildman–Crippen MR) is 161 cm³/mol. The minimum absolute atomic E-state index is 0.0535. The van der Waals surface area contributed by atoms with E-state index in [0.29, 0.717) is 32.1 Å². The molecule has 0 bridgehead atoms. The van der Waals surface area contributed by atoms with Crippen molar-refractivity contribution in [1.29, 1.82) is 0 Å². The Kier molecular flexibility index (Phi) is 7.99. The lowest BCUT2D eigenvalue weighted by Crippen LogP contribution is -2.68. The predicted octanol–water partition coefficient (Wildman–Crippen LogP) is 4.33. The summed E-state index contributed by atoms with van der Waals surface area (Å²) < 4.78 is 12.3. The number of ether oxygens (including phenoxy) is 2. The zero-order chi connectivity index (χ0) is 32.1. The first kappa shape index (κ1) is 32.8. The average Bonchev–Trinajstić information content (AvgIpc) is 3.46. The number of rotatable bonds is 6. The number of hydrogen-bond donors (Lipinski definition) is 4. The number of hydrogen-bond acceptors (Lipinski definition) is 8. The van der Waals surface area contributed by atoms with E-state index < -0.39 is 58.0 Å². The average molecular weight is 603 g/mol. The van der Waals surface area contributed by atoms with Gasteiger partial charge in [0.1, 0.15) is 12.2 Å². The molecule has 0 aromatic rings. The Morgan fingerprint density at radius 2 is 1.81 bits per heavy atom. The second-order valence-corrected chi connectivity index (χ2v) is 16.3. The van der Waals surface area contributed by atoms with Crippen molar-refractivity contribution in [1.82, 2.24) is 0 Å². The van der Waals surface area contributed by atoms with Gasteiger partial charge >= 0.3 is 5.97 Å². The third-order valence-corrected chi connectivity index (χ3v) is 13.0. The number of allylic oxidation sites excluding steroid dienone is 3. The van der Waals surface area contributed by atoms with Gasteiger partial charge in [-0.05, 0) is 74.7 Å². The van der Waals surface area contributed by atoms with Crippen LogP contribution in [-0.4, -0.2) is 68.5 Å². The van der Waals surface area contributed by atoms with E-state index in [9.17, 15) is 30.0 Å². The molecule has 1 aliphatic heterocycles. The van der Waals surface area contributed by atoms with E-state index in [1.54, 1.807) is 6.08 Å². The molecule has 43 heavy (non-hydrogen) atoms. The van der Waals surface area contributed by atoms with Crippen LogP contribution in [0.5, 0.6) is 0 Å². The molecule has 1 heterocycles. The molecule has 0 aromatic heterocycles. The standard InChI is InChI=1S/C35H54O8/c1-10-18(2)29(39)43-22-17-34(8)20(19-15-21(42-30(19)40)28(38)32(5,6)41)11-12-23(34)35(9)26(37)16-24-31(3,4)25(36)13-14-33(24,7)27(22)35/h12-14,18-22,24,26-28,30,37-38,40-41H,10-11,15-17H2,1-9H3/t18?,19-,20-,21+,22+,24-,26+,27+,28-,30-,33-,34-,35+/m0/s1. The van der Waals surface area contributed by atoms with Gasteiger partial charge in [0.25, 0.3) is 0 Å². The molecule has 5 aliphatic rings. The normalized spacial score (nSPS) is 46.8. The number of fused-ring (bicyclic) bond motifs is 5. The van der Waals surface area contributed by atoms with Crippen LogP contribution in [0.1, 0.15) is 94.4 Å². The van der Waals surface area contributed by atoms with Crippen LogP contribution in [0.15, 0.2) is 23.8 Å². The van der Waals surface area contributed by atoms with Gasteiger partial charge in [-0.2, -0.15) is 0 Å². The van der Waals surface area contributed by atoms with Crippen LogP contribution < -0.4 is 0 Å². The summed E-state index contributed by atoms with van der Waals surface area (Å²) in [6.07, 6.45) is 4.32. The molecule has 242 valence electrons. The third kappa shape index (κ3) is 4.72. The second kappa shape index (κ2) is 10.5. The highest BCUT2D eigenvalue weighted by Crippen LogP contribution is 2.72. The Balaban J connectivity index is 1.58. The Morgan fingerprint density at radius 3 is 2.42 bits per heavy atom. The van der Waals surface area contributed by atoms with E-state index in [1.165, 1.54) is 13.8 Å². The number of esters is 1. The van der Waals surface area contributed by atoms with E-state index in [-0.39, 0.29) is 41.3 Å². The summed E-state index contributed by atoms with van der Waals surface area (Å²) in [4.78, 5) is 26.6. The van der Waals surface area contributed by atoms with Gasteiger partial charge in [0.15, 0.2) is 12.1 Å². The van der Waals surface area contributed by atoms with Crippen LogP contribution in [-0.2, 0) is 19.1 Å². The van der Waals surface area contributed by atoms with Crippen molar-refractivity contribution >= 4 is 11.8 Å². The summed E-state index contributed by atoms with van der Waals surface area (Å²) in [5.41, 5.74) is -2.71. The molecular weight excluding hydrogens is 548 g/mol. The first-order valence-electron chi connectivity index (χ1n) is 16.3. The minimum atomic E-state index is -1.38. The Labute approximate surface area is 256 Å². The van der Waals surface area contributed by atoms with Crippen molar-refractivity contribution < 1.29 is 39.5 Å². The van der Waals surface area contributed by atoms with Crippen LogP contribution in [0, 0.1) is 51.2 Å². The van der Waals surface area contributed by atoms with Crippen LogP contribution >= 0.6 is 0 Å². The highest BCUT2D eigenvalue weighted by atomic mass is 16.6. The molecule has 0 spiro atoms. The summed E-state index contributed by atoms with van der Waals surface area (Å²) in [6, 6.07) is 0. The monoisotopic (exact) mass is 602 g/mol. The summed E-state index contributed by atoms with van der Waals surface area (Å²) in [5.74, 6) is -1.28. The lowest BCUT2D eigenvalue weighted by Gasteiger charge is -2.67. The number of aliphatic hydroxyl groups excluding tert-OH is 3. The molecular formula is C35H54O8. The fourth-order valence-electron chi connectivity index (χ4n) is 10.4. The lowest BCUT2D eigenvalue weighted by atomic mass is 9.37. The van der Waals surface area contributed by atoms with Crippen molar-refractivity contribution in [2.24, 2.45) is 51.2 Å². The molecule has 1 saturated heterocycles. The van der Waals surface area contributed by atoms with E-state index in [4.69, 9.17) is 9.47 Å². The topological polar surface area (TPSA) is 134 Å². The van der Waals surface area contributed by atoms with Gasteiger partial charge in [-0.25, -0.2) is 0 Å². The molecule has 4 aliphatic carbocycles. The molecule has 8 nitrogen and oxygen atoms in total. The van der Waals surface area contributed by atoms with Crippen molar-refractivity contribution in [3.63, 3.8) is 0 Å². The molecule has 3 fully saturated rings. The molecule has 0 radical (unpaired) electrons. The summed E-state index contributed by atoms with van der Waals surface area (Å²) in [7, 11) is 0. The molecule has 2 saturated carbocycles. The number of ketones is 1. The van der Waals surface area contributed by atoms with Crippen molar-refractivity contribution in [2.45, 2.75) is 131 Å². The number of carbonyl (C=O) groups is 2. The van der Waals surface area contributed by atoms with Gasteiger partial charge < -0.3 is 29.9 Å². The minimum Gasteiger partial charge on any atom is -0.462 e. The molecule has 5 rings (SSSR count). The fourth-order valence-corrected chi connectivity index (χ4v) is 10.4. The first-order chi connectivity index (χ1) is 19.7. The molecule has 0 aromatic carbocycles. The summed E-state index contributed by atoms with van der Waals surface area (Å²) in [5, 5.41) is 44.6. The van der Waals surface area contributed by atoms with Crippen molar-refractivity contribution in [2.75, 3.05) is 0 Å². The second-order valence-electron chi connectivity index (χ2n) is 16.3. The smallest absolute Gasteiger partial charge is 0.308 e. The van der Waals surface area contributed by atoms with Crippen molar-refractivity contribution in [3.8, 4) is 0 Å². The van der Waals surface area contributed by atoms with E-state index in [1.807, 2.05) is 33.8 Å². The van der Waals surface area contributed by atoms with Crippen LogP contribution in [0.2, 0.25) is 0 Å². The van der Waals surface area contributed by atoms with Crippen LogP contribution in [0.4, 0.5) is 0 Å². The number of carbonyl (C=O) groups excluding carboxylic acids is 2. The zero-order valence-electron chi connectivity index (χ0n) is 27.5. The van der Waals surface area contributed by atoms with E-state index >= 15 is 0 Å². The zero-order valence-corrected chi connectivity index (χ0v) is 27.5. The maximum Gasteiger partial charge on any atom is 0.308 e. The third-order valence-electron chi connectivity index (χ3n) is 13.0. The quantitative estimate of drug-likeness (QED) is 0.261. The highest BCUT2D eigenvalue weighted by Gasteiger charge is 2.71.